The normalized spacial score (nSPS) is 21.1. The lowest BCUT2D eigenvalue weighted by molar-refractivity contribution is -0.133. The second-order valence-electron chi connectivity index (χ2n) is 10.5. The van der Waals surface area contributed by atoms with Crippen LogP contribution < -0.4 is 15.8 Å². The number of fused-ring (bicyclic) bond motifs is 1. The Kier molecular flexibility index (Phi) is 6.22. The highest BCUT2D eigenvalue weighted by Crippen LogP contribution is 2.34. The first-order chi connectivity index (χ1) is 21.7. The second kappa shape index (κ2) is 10.8. The Morgan fingerprint density at radius 2 is 1.95 bits per heavy atom. The van der Waals surface area contributed by atoms with Gasteiger partial charge in [0.2, 0.25) is 5.88 Å². The maximum absolute atomic E-state index is 15.1. The third-order valence-corrected chi connectivity index (χ3v) is 7.40. The zero-order valence-corrected chi connectivity index (χ0v) is 22.3. The lowest BCUT2D eigenvalue weighted by Gasteiger charge is -2.38. The van der Waals surface area contributed by atoms with E-state index in [-0.39, 0.29) is 42.1 Å². The number of nitrogens with one attached hydrogen (secondary N) is 1. The van der Waals surface area contributed by atoms with Crippen LogP contribution >= 0.6 is 0 Å². The minimum absolute atomic E-state index is 0.0757. The van der Waals surface area contributed by atoms with E-state index in [1.807, 2.05) is 0 Å². The highest BCUT2D eigenvalue weighted by molar-refractivity contribution is 5.98. The number of halogens is 4. The minimum Gasteiger partial charge on any atom is -0.480 e. The molecule has 3 aromatic heterocycles. The molecule has 0 bridgehead atoms. The Labute approximate surface area is 246 Å². The maximum atomic E-state index is 15.1. The first kappa shape index (κ1) is 24.8. The number of ether oxygens (including phenoxy) is 1. The van der Waals surface area contributed by atoms with E-state index in [0.717, 1.165) is 12.1 Å². The largest absolute Gasteiger partial charge is 0.480 e. The Bertz CT molecular complexity index is 1810. The van der Waals surface area contributed by atoms with Crippen LogP contribution in [0.3, 0.4) is 0 Å². The lowest BCUT2D eigenvalue weighted by atomic mass is 10.1. The van der Waals surface area contributed by atoms with Gasteiger partial charge in [-0.1, -0.05) is 0 Å². The van der Waals surface area contributed by atoms with Crippen molar-refractivity contribution in [3.05, 3.63) is 71.4 Å². The molecule has 43 heavy (non-hydrogen) atoms. The fraction of sp³-hybridized carbons (Fsp3) is 0.321. The van der Waals surface area contributed by atoms with Gasteiger partial charge in [0.25, 0.3) is 17.7 Å². The van der Waals surface area contributed by atoms with Crippen molar-refractivity contribution in [1.82, 2.24) is 34.7 Å². The lowest BCUT2D eigenvalue weighted by Crippen LogP contribution is -2.55. The van der Waals surface area contributed by atoms with Crippen LogP contribution in [0.2, 0.25) is 0 Å². The Balaban J connectivity index is 1.30. The third-order valence-electron chi connectivity index (χ3n) is 7.40. The van der Waals surface area contributed by atoms with Crippen molar-refractivity contribution in [1.29, 1.82) is 0 Å². The molecule has 3 N–H and O–H groups in total. The van der Waals surface area contributed by atoms with Crippen molar-refractivity contribution in [3.63, 3.8) is 0 Å². The molecule has 0 saturated carbocycles. The van der Waals surface area contributed by atoms with Gasteiger partial charge in [0.1, 0.15) is 29.4 Å². The van der Waals surface area contributed by atoms with Crippen LogP contribution in [0.25, 0.3) is 16.8 Å². The van der Waals surface area contributed by atoms with E-state index in [0.29, 0.717) is 16.8 Å². The first-order valence-electron chi connectivity index (χ1n) is 14.6. The van der Waals surface area contributed by atoms with Crippen LogP contribution in [0.1, 0.15) is 30.4 Å². The number of methoxy groups -OCH3 is 1. The molecule has 2 fully saturated rings. The molecular formula is C28H26F4N8O3. The van der Waals surface area contributed by atoms with Crippen LogP contribution in [0.4, 0.5) is 23.4 Å². The topological polar surface area (TPSA) is 131 Å². The fourth-order valence-corrected chi connectivity index (χ4v) is 5.36. The fourth-order valence-electron chi connectivity index (χ4n) is 5.36. The number of anilines is 1. The van der Waals surface area contributed by atoms with Gasteiger partial charge in [-0.15, -0.1) is 0 Å². The van der Waals surface area contributed by atoms with Crippen LogP contribution in [0, 0.1) is 5.82 Å². The first-order valence-corrected chi connectivity index (χ1v) is 13.1. The number of hydrogen-bond donors (Lipinski definition) is 2. The van der Waals surface area contributed by atoms with E-state index >= 15 is 4.39 Å². The number of alkyl halides is 3. The van der Waals surface area contributed by atoms with E-state index in [1.165, 1.54) is 45.0 Å². The molecule has 2 aliphatic rings. The molecule has 11 nitrogen and oxygen atoms in total. The van der Waals surface area contributed by atoms with Crippen LogP contribution in [-0.2, 0) is 6.54 Å². The van der Waals surface area contributed by atoms with Crippen molar-refractivity contribution in [2.24, 2.45) is 0 Å². The van der Waals surface area contributed by atoms with Crippen molar-refractivity contribution in [2.75, 3.05) is 39.0 Å². The summed E-state index contributed by atoms with van der Waals surface area (Å²) < 4.78 is 84.3. The standard InChI is InChI=1S/C28H26F4N8O3/c1-43-26-19(25(41)37-21-11-39(10-20(21)30)27(42)15-2-4-18(29)5-3-15)6-16(8-34-26)22-7-17(9-38-12-28(31,32)13-38)23-24(33)35-14-36-40(22)23/h2-8,14,20-21H,9-13H2,1H3,(H,37,41)(H2,33,35,36)/t20-,21+/m0/s1/i1D3. The molecule has 1 aromatic carbocycles. The van der Waals surface area contributed by atoms with Crippen molar-refractivity contribution >= 4 is 23.1 Å². The molecule has 0 unspecified atom stereocenters. The van der Waals surface area contributed by atoms with Crippen LogP contribution in [0.15, 0.2) is 48.9 Å². The van der Waals surface area contributed by atoms with Gasteiger partial charge in [-0.05, 0) is 42.0 Å². The number of carbonyl (C=O) groups is 2. The molecule has 0 aliphatic carbocycles. The summed E-state index contributed by atoms with van der Waals surface area (Å²) in [5.74, 6) is -5.32. The summed E-state index contributed by atoms with van der Waals surface area (Å²) in [6, 6.07) is 6.44. The van der Waals surface area contributed by atoms with Crippen molar-refractivity contribution in [3.8, 4) is 17.1 Å². The molecule has 6 rings (SSSR count). The predicted octanol–water partition coefficient (Wildman–Crippen LogP) is 2.56. The zero-order chi connectivity index (χ0) is 33.0. The highest BCUT2D eigenvalue weighted by atomic mass is 19.3. The predicted molar refractivity (Wildman–Crippen MR) is 146 cm³/mol. The van der Waals surface area contributed by atoms with Crippen molar-refractivity contribution in [2.45, 2.75) is 24.7 Å². The number of hydrogen-bond acceptors (Lipinski definition) is 8. The van der Waals surface area contributed by atoms with Gasteiger partial charge >= 0.3 is 0 Å². The summed E-state index contributed by atoms with van der Waals surface area (Å²) in [6.07, 6.45) is 0.735. The second-order valence-corrected chi connectivity index (χ2v) is 10.5. The van der Waals surface area contributed by atoms with E-state index in [4.69, 9.17) is 14.6 Å². The van der Waals surface area contributed by atoms with Gasteiger partial charge in [0.05, 0.1) is 42.5 Å². The molecule has 4 aromatic rings. The summed E-state index contributed by atoms with van der Waals surface area (Å²) >= 11 is 0. The summed E-state index contributed by atoms with van der Waals surface area (Å²) in [5, 5.41) is 6.72. The SMILES string of the molecule is [2H]C([2H])([2H])Oc1ncc(-c2cc(CN3CC(F)(F)C3)c3c(N)ncnn23)cc1C(=O)N[C@@H]1CN(C(=O)c2ccc(F)cc2)C[C@@H]1F. The van der Waals surface area contributed by atoms with Gasteiger partial charge in [-0.2, -0.15) is 5.10 Å². The number of nitrogens with two attached hydrogens (primary N) is 1. The maximum Gasteiger partial charge on any atom is 0.272 e. The Hall–Kier alpha value is -4.79. The van der Waals surface area contributed by atoms with E-state index in [2.05, 4.69) is 20.4 Å². The molecule has 0 spiro atoms. The van der Waals surface area contributed by atoms with E-state index < -0.39 is 61.8 Å². The van der Waals surface area contributed by atoms with Crippen molar-refractivity contribution < 1.29 is 36.0 Å². The molecule has 15 heteroatoms. The van der Waals surface area contributed by atoms with Crippen LogP contribution in [0.5, 0.6) is 5.88 Å². The quantitative estimate of drug-likeness (QED) is 0.309. The molecule has 2 aliphatic heterocycles. The summed E-state index contributed by atoms with van der Waals surface area (Å²) in [4.78, 5) is 37.1. The number of aromatic nitrogens is 4. The number of carbonyl (C=O) groups excluding carboxylic acids is 2. The zero-order valence-electron chi connectivity index (χ0n) is 25.3. The summed E-state index contributed by atoms with van der Waals surface area (Å²) in [6.45, 7) is -1.34. The number of pyridine rings is 1. The van der Waals surface area contributed by atoms with Crippen LogP contribution in [-0.4, -0.2) is 92.5 Å². The van der Waals surface area contributed by atoms with E-state index in [9.17, 15) is 22.8 Å². The highest BCUT2D eigenvalue weighted by Gasteiger charge is 2.44. The number of rotatable bonds is 7. The minimum atomic E-state index is -2.99. The number of benzene rings is 1. The number of amides is 2. The van der Waals surface area contributed by atoms with Gasteiger partial charge in [0.15, 0.2) is 5.82 Å². The Morgan fingerprint density at radius 1 is 1.19 bits per heavy atom. The monoisotopic (exact) mass is 601 g/mol. The number of nitrogen functional groups attached to an aromatic ring is 1. The molecule has 0 radical (unpaired) electrons. The average molecular weight is 602 g/mol. The van der Waals surface area contributed by atoms with Gasteiger partial charge in [-0.3, -0.25) is 14.5 Å². The van der Waals surface area contributed by atoms with Gasteiger partial charge in [-0.25, -0.2) is 32.0 Å². The van der Waals surface area contributed by atoms with Gasteiger partial charge in [0, 0.05) is 30.4 Å². The smallest absolute Gasteiger partial charge is 0.272 e. The molecule has 224 valence electrons. The van der Waals surface area contributed by atoms with Gasteiger partial charge < -0.3 is 20.7 Å². The molecule has 5 heterocycles. The number of nitrogens with zero attached hydrogens (tertiary/aromatic N) is 6. The average Bonchev–Trinajstić information content (AvgIpc) is 3.52. The summed E-state index contributed by atoms with van der Waals surface area (Å²) in [5.41, 5.74) is 7.33. The molecule has 2 amide bonds. The third kappa shape index (κ3) is 5.43. The molecular weight excluding hydrogens is 572 g/mol. The molecule has 2 saturated heterocycles. The van der Waals surface area contributed by atoms with E-state index in [1.54, 1.807) is 6.07 Å². The summed E-state index contributed by atoms with van der Waals surface area (Å²) in [7, 11) is -2.99. The molecule has 2 atom stereocenters. The number of likely N-dealkylation sites (tertiary alicyclic amines) is 2. The Morgan fingerprint density at radius 3 is 2.67 bits per heavy atom.